The van der Waals surface area contributed by atoms with Crippen LogP contribution in [-0.4, -0.2) is 30.9 Å². The number of H-pyrrole nitrogens is 1. The van der Waals surface area contributed by atoms with E-state index in [0.29, 0.717) is 6.42 Å². The first kappa shape index (κ1) is 12.0. The van der Waals surface area contributed by atoms with Crippen LogP contribution >= 0.6 is 0 Å². The van der Waals surface area contributed by atoms with Gasteiger partial charge in [0.15, 0.2) is 0 Å². The predicted octanol–water partition coefficient (Wildman–Crippen LogP) is 1.82. The van der Waals surface area contributed by atoms with Crippen molar-refractivity contribution < 1.29 is 9.84 Å². The lowest BCUT2D eigenvalue weighted by molar-refractivity contribution is 0.269. The molecule has 0 fully saturated rings. The lowest BCUT2D eigenvalue weighted by Crippen LogP contribution is -2.17. The van der Waals surface area contributed by atoms with Gasteiger partial charge in [-0.3, -0.25) is 0 Å². The van der Waals surface area contributed by atoms with Crippen molar-refractivity contribution in [2.24, 2.45) is 0 Å². The maximum atomic E-state index is 9.06. The van der Waals surface area contributed by atoms with Crippen LogP contribution in [0, 0.1) is 0 Å². The summed E-state index contributed by atoms with van der Waals surface area (Å²) in [6.45, 7) is 0.169. The highest BCUT2D eigenvalue weighted by molar-refractivity contribution is 5.85. The van der Waals surface area contributed by atoms with Crippen LogP contribution < -0.4 is 10.1 Å². The van der Waals surface area contributed by atoms with Crippen LogP contribution in [0.25, 0.3) is 10.9 Å². The summed E-state index contributed by atoms with van der Waals surface area (Å²) in [6.07, 6.45) is 2.68. The Hall–Kier alpha value is -1.52. The number of methoxy groups -OCH3 is 1. The second kappa shape index (κ2) is 5.21. The molecule has 17 heavy (non-hydrogen) atoms. The van der Waals surface area contributed by atoms with Gasteiger partial charge >= 0.3 is 0 Å². The molecule has 1 unspecified atom stereocenters. The molecule has 0 spiro atoms. The normalized spacial score (nSPS) is 12.9. The fourth-order valence-electron chi connectivity index (χ4n) is 2.12. The van der Waals surface area contributed by atoms with Crippen molar-refractivity contribution in [1.29, 1.82) is 0 Å². The van der Waals surface area contributed by atoms with E-state index in [9.17, 15) is 0 Å². The molecule has 1 heterocycles. The summed E-state index contributed by atoms with van der Waals surface area (Å²) in [6, 6.07) is 6.11. The molecule has 4 nitrogen and oxygen atoms in total. The van der Waals surface area contributed by atoms with Gasteiger partial charge in [-0.15, -0.1) is 0 Å². The third-order valence-corrected chi connectivity index (χ3v) is 3.06. The summed E-state index contributed by atoms with van der Waals surface area (Å²) < 4.78 is 5.24. The number of fused-ring (bicyclic) bond motifs is 1. The van der Waals surface area contributed by atoms with Crippen molar-refractivity contribution in [2.75, 3.05) is 20.8 Å². The van der Waals surface area contributed by atoms with Gasteiger partial charge in [-0.2, -0.15) is 0 Å². The summed E-state index contributed by atoms with van der Waals surface area (Å²) in [4.78, 5) is 3.24. The quantitative estimate of drug-likeness (QED) is 0.739. The Bertz CT molecular complexity index is 493. The van der Waals surface area contributed by atoms with Crippen LogP contribution in [-0.2, 0) is 0 Å². The SMILES string of the molecule is CNC(CCO)c1c[nH]c2ccc(OC)cc12. The predicted molar refractivity (Wildman–Crippen MR) is 68.4 cm³/mol. The third-order valence-electron chi connectivity index (χ3n) is 3.06. The van der Waals surface area contributed by atoms with Gasteiger partial charge in [0.25, 0.3) is 0 Å². The van der Waals surface area contributed by atoms with Crippen LogP contribution in [0.5, 0.6) is 5.75 Å². The Morgan fingerprint density at radius 1 is 1.47 bits per heavy atom. The van der Waals surface area contributed by atoms with Gasteiger partial charge in [0.1, 0.15) is 5.75 Å². The van der Waals surface area contributed by atoms with Gasteiger partial charge in [0.05, 0.1) is 7.11 Å². The molecule has 2 rings (SSSR count). The van der Waals surface area contributed by atoms with Crippen LogP contribution in [0.15, 0.2) is 24.4 Å². The highest BCUT2D eigenvalue weighted by Gasteiger charge is 2.13. The molecular formula is C13H18N2O2. The molecule has 0 aliphatic rings. The minimum atomic E-state index is 0.154. The number of ether oxygens (including phenoxy) is 1. The molecule has 4 heteroatoms. The average Bonchev–Trinajstić information content (AvgIpc) is 2.78. The summed E-state index contributed by atoms with van der Waals surface area (Å²) in [5, 5.41) is 13.4. The minimum absolute atomic E-state index is 0.154. The van der Waals surface area contributed by atoms with E-state index in [1.807, 2.05) is 31.4 Å². The molecule has 3 N–H and O–H groups in total. The molecule has 0 saturated heterocycles. The molecule has 2 aromatic rings. The highest BCUT2D eigenvalue weighted by atomic mass is 16.5. The first-order valence-corrected chi connectivity index (χ1v) is 5.73. The van der Waals surface area contributed by atoms with E-state index in [-0.39, 0.29) is 12.6 Å². The number of hydrogen-bond acceptors (Lipinski definition) is 3. The minimum Gasteiger partial charge on any atom is -0.497 e. The number of aliphatic hydroxyl groups excluding tert-OH is 1. The van der Waals surface area contributed by atoms with Crippen molar-refractivity contribution in [3.8, 4) is 5.75 Å². The lowest BCUT2D eigenvalue weighted by Gasteiger charge is -2.14. The second-order valence-corrected chi connectivity index (χ2v) is 4.01. The van der Waals surface area contributed by atoms with Gasteiger partial charge in [-0.1, -0.05) is 0 Å². The molecule has 1 atom stereocenters. The number of hydrogen-bond donors (Lipinski definition) is 3. The third kappa shape index (κ3) is 2.28. The van der Waals surface area contributed by atoms with Crippen molar-refractivity contribution in [3.05, 3.63) is 30.0 Å². The van der Waals surface area contributed by atoms with Crippen LogP contribution in [0.4, 0.5) is 0 Å². The Kier molecular flexibility index (Phi) is 3.66. The highest BCUT2D eigenvalue weighted by Crippen LogP contribution is 2.28. The van der Waals surface area contributed by atoms with Gasteiger partial charge in [0, 0.05) is 29.7 Å². The maximum Gasteiger partial charge on any atom is 0.119 e. The van der Waals surface area contributed by atoms with Crippen molar-refractivity contribution in [3.63, 3.8) is 0 Å². The fraction of sp³-hybridized carbons (Fsp3) is 0.385. The van der Waals surface area contributed by atoms with Crippen molar-refractivity contribution >= 4 is 10.9 Å². The summed E-state index contributed by atoms with van der Waals surface area (Å²) >= 11 is 0. The van der Waals surface area contributed by atoms with E-state index >= 15 is 0 Å². The molecular weight excluding hydrogens is 216 g/mol. The Morgan fingerprint density at radius 2 is 2.29 bits per heavy atom. The number of benzene rings is 1. The molecule has 0 amide bonds. The van der Waals surface area contributed by atoms with E-state index in [2.05, 4.69) is 10.3 Å². The molecule has 92 valence electrons. The van der Waals surface area contributed by atoms with Gasteiger partial charge in [-0.05, 0) is 37.2 Å². The summed E-state index contributed by atoms with van der Waals surface area (Å²) in [5.74, 6) is 0.845. The summed E-state index contributed by atoms with van der Waals surface area (Å²) in [5.41, 5.74) is 2.24. The van der Waals surface area contributed by atoms with Gasteiger partial charge in [-0.25, -0.2) is 0 Å². The van der Waals surface area contributed by atoms with E-state index in [4.69, 9.17) is 9.84 Å². The van der Waals surface area contributed by atoms with Gasteiger partial charge in [0.2, 0.25) is 0 Å². The first-order chi connectivity index (χ1) is 8.30. The van der Waals surface area contributed by atoms with Crippen molar-refractivity contribution in [1.82, 2.24) is 10.3 Å². The number of aliphatic hydroxyl groups is 1. The average molecular weight is 234 g/mol. The molecule has 1 aromatic carbocycles. The molecule has 0 bridgehead atoms. The van der Waals surface area contributed by atoms with Crippen LogP contribution in [0.3, 0.4) is 0 Å². The van der Waals surface area contributed by atoms with Crippen LogP contribution in [0.1, 0.15) is 18.0 Å². The number of nitrogens with one attached hydrogen (secondary N) is 2. The Labute approximate surface area is 101 Å². The Balaban J connectivity index is 2.45. The van der Waals surface area contributed by atoms with Gasteiger partial charge < -0.3 is 20.1 Å². The second-order valence-electron chi connectivity index (χ2n) is 4.01. The van der Waals surface area contributed by atoms with E-state index < -0.39 is 0 Å². The first-order valence-electron chi connectivity index (χ1n) is 5.73. The number of rotatable bonds is 5. The molecule has 0 aliphatic carbocycles. The van der Waals surface area contributed by atoms with Crippen LogP contribution in [0.2, 0.25) is 0 Å². The smallest absolute Gasteiger partial charge is 0.119 e. The van der Waals surface area contributed by atoms with E-state index in [1.54, 1.807) is 7.11 Å². The number of aromatic nitrogens is 1. The molecule has 0 saturated carbocycles. The topological polar surface area (TPSA) is 57.3 Å². The molecule has 0 radical (unpaired) electrons. The largest absolute Gasteiger partial charge is 0.497 e. The zero-order chi connectivity index (χ0) is 12.3. The standard InChI is InChI=1S/C13H18N2O2/c1-14-12(5-6-16)11-8-15-13-4-3-9(17-2)7-10(11)13/h3-4,7-8,12,14-16H,5-6H2,1-2H3. The maximum absolute atomic E-state index is 9.06. The zero-order valence-electron chi connectivity index (χ0n) is 10.2. The van der Waals surface area contributed by atoms with Crippen molar-refractivity contribution in [2.45, 2.75) is 12.5 Å². The molecule has 0 aliphatic heterocycles. The fourth-order valence-corrected chi connectivity index (χ4v) is 2.12. The lowest BCUT2D eigenvalue weighted by atomic mass is 10.0. The monoisotopic (exact) mass is 234 g/mol. The zero-order valence-corrected chi connectivity index (χ0v) is 10.2. The molecule has 1 aromatic heterocycles. The summed E-state index contributed by atoms with van der Waals surface area (Å²) in [7, 11) is 3.57. The Morgan fingerprint density at radius 3 is 2.94 bits per heavy atom. The number of aromatic amines is 1. The van der Waals surface area contributed by atoms with E-state index in [0.717, 1.165) is 22.2 Å². The van der Waals surface area contributed by atoms with E-state index in [1.165, 1.54) is 0 Å².